The zero-order valence-electron chi connectivity index (χ0n) is 29.0. The summed E-state index contributed by atoms with van der Waals surface area (Å²) in [7, 11) is 3.75. The van der Waals surface area contributed by atoms with E-state index < -0.39 is 6.04 Å². The van der Waals surface area contributed by atoms with Crippen molar-refractivity contribution >= 4 is 17.6 Å². The van der Waals surface area contributed by atoms with Gasteiger partial charge >= 0.3 is 6.03 Å². The topological polar surface area (TPSA) is 113 Å². The van der Waals surface area contributed by atoms with E-state index in [9.17, 15) is 14.7 Å². The highest BCUT2D eigenvalue weighted by molar-refractivity contribution is 5.99. The highest BCUT2D eigenvalue weighted by Gasteiger charge is 2.30. The lowest BCUT2D eigenvalue weighted by molar-refractivity contribution is -0.0177. The zero-order valence-corrected chi connectivity index (χ0v) is 29.0. The van der Waals surface area contributed by atoms with E-state index in [0.717, 1.165) is 57.2 Å². The number of anilines is 1. The van der Waals surface area contributed by atoms with E-state index in [4.69, 9.17) is 14.2 Å². The van der Waals surface area contributed by atoms with E-state index in [1.807, 2.05) is 26.0 Å². The van der Waals surface area contributed by atoms with Crippen molar-refractivity contribution in [2.24, 2.45) is 5.92 Å². The van der Waals surface area contributed by atoms with Gasteiger partial charge in [0.15, 0.2) is 0 Å². The second kappa shape index (κ2) is 18.3. The van der Waals surface area contributed by atoms with Crippen LogP contribution in [0.15, 0.2) is 42.5 Å². The summed E-state index contributed by atoms with van der Waals surface area (Å²) in [4.78, 5) is 31.2. The maximum Gasteiger partial charge on any atom is 0.319 e. The van der Waals surface area contributed by atoms with Gasteiger partial charge in [-0.3, -0.25) is 9.69 Å². The predicted octanol–water partition coefficient (Wildman–Crippen LogP) is 6.08. The van der Waals surface area contributed by atoms with Crippen LogP contribution in [0.5, 0.6) is 11.5 Å². The molecule has 3 N–H and O–H groups in total. The Labute approximate surface area is 281 Å². The molecule has 0 radical (unpaired) electrons. The first-order valence-electron chi connectivity index (χ1n) is 17.4. The molecule has 47 heavy (non-hydrogen) atoms. The molecule has 0 unspecified atom stereocenters. The normalized spacial score (nSPS) is 22.5. The Kier molecular flexibility index (Phi) is 14.2. The number of likely N-dealkylation sites (N-methyl/N-ethyl adjacent to an activating group) is 1. The zero-order chi connectivity index (χ0) is 33.8. The molecule has 4 rings (SSSR count). The highest BCUT2D eigenvalue weighted by Crippen LogP contribution is 2.29. The molecule has 1 heterocycles. The van der Waals surface area contributed by atoms with Gasteiger partial charge in [0.2, 0.25) is 0 Å². The molecule has 0 bridgehead atoms. The van der Waals surface area contributed by atoms with Crippen molar-refractivity contribution in [3.05, 3.63) is 53.6 Å². The van der Waals surface area contributed by atoms with Crippen LogP contribution in [0.3, 0.4) is 0 Å². The first kappa shape index (κ1) is 36.5. The summed E-state index contributed by atoms with van der Waals surface area (Å²) in [5.41, 5.74) is 2.06. The predicted molar refractivity (Wildman–Crippen MR) is 185 cm³/mol. The number of nitrogens with one attached hydrogen (secondary N) is 2. The summed E-state index contributed by atoms with van der Waals surface area (Å²) >= 11 is 0. The molecule has 2 aliphatic rings. The Morgan fingerprint density at radius 3 is 2.49 bits per heavy atom. The average Bonchev–Trinajstić information content (AvgIpc) is 3.06. The number of carbonyl (C=O) groups excluding carboxylic acids is 2. The molecule has 3 amide bonds. The summed E-state index contributed by atoms with van der Waals surface area (Å²) in [5.74, 6) is 1.03. The van der Waals surface area contributed by atoms with Crippen LogP contribution in [-0.4, -0.2) is 91.6 Å². The Bertz CT molecular complexity index is 1270. The van der Waals surface area contributed by atoms with Gasteiger partial charge in [0.1, 0.15) is 11.5 Å². The second-order valence-electron chi connectivity index (χ2n) is 13.5. The van der Waals surface area contributed by atoms with Crippen LogP contribution in [0.4, 0.5) is 10.5 Å². The molecular formula is C37H56N4O6. The van der Waals surface area contributed by atoms with Crippen molar-refractivity contribution in [3.63, 3.8) is 0 Å². The van der Waals surface area contributed by atoms with Crippen LogP contribution in [0.1, 0.15) is 88.1 Å². The quantitative estimate of drug-likeness (QED) is 0.301. The van der Waals surface area contributed by atoms with Crippen LogP contribution in [-0.2, 0) is 11.3 Å². The first-order chi connectivity index (χ1) is 22.7. The molecule has 1 aliphatic heterocycles. The van der Waals surface area contributed by atoms with Crippen LogP contribution in [0, 0.1) is 5.92 Å². The molecule has 10 nitrogen and oxygen atoms in total. The molecule has 2 aromatic rings. The second-order valence-corrected chi connectivity index (χ2v) is 13.5. The summed E-state index contributed by atoms with van der Waals surface area (Å²) in [6.45, 7) is 8.22. The number of methoxy groups -OCH3 is 1. The SMILES string of the molecule is COc1ccc(CN(C)C[C@@H]2OCCCC[C@H](C)Oc3ccc(NC(=O)NC4CCCCC4)cc3C(=O)N([C@H](C)CO)C[C@@H]2C)cc1. The van der Waals surface area contributed by atoms with Gasteiger partial charge in [-0.05, 0) is 88.9 Å². The molecule has 0 saturated heterocycles. The van der Waals surface area contributed by atoms with E-state index in [1.165, 1.54) is 12.0 Å². The van der Waals surface area contributed by atoms with Gasteiger partial charge in [-0.2, -0.15) is 0 Å². The number of aliphatic hydroxyl groups excluding tert-OH is 1. The number of nitrogens with zero attached hydrogens (tertiary/aromatic N) is 2. The minimum Gasteiger partial charge on any atom is -0.497 e. The smallest absolute Gasteiger partial charge is 0.319 e. The van der Waals surface area contributed by atoms with Gasteiger partial charge in [0, 0.05) is 43.9 Å². The van der Waals surface area contributed by atoms with Gasteiger partial charge in [-0.25, -0.2) is 4.79 Å². The fraction of sp³-hybridized carbons (Fsp3) is 0.622. The molecule has 4 atom stereocenters. The van der Waals surface area contributed by atoms with Crippen LogP contribution < -0.4 is 20.1 Å². The largest absolute Gasteiger partial charge is 0.497 e. The maximum atomic E-state index is 14.4. The van der Waals surface area contributed by atoms with Crippen LogP contribution in [0.25, 0.3) is 0 Å². The van der Waals surface area contributed by atoms with E-state index in [-0.39, 0.29) is 42.7 Å². The first-order valence-corrected chi connectivity index (χ1v) is 17.4. The van der Waals surface area contributed by atoms with Crippen LogP contribution >= 0.6 is 0 Å². The number of amides is 3. The van der Waals surface area contributed by atoms with Crippen LogP contribution in [0.2, 0.25) is 0 Å². The molecular weight excluding hydrogens is 596 g/mol. The van der Waals surface area contributed by atoms with Gasteiger partial charge < -0.3 is 34.9 Å². The van der Waals surface area contributed by atoms with E-state index in [2.05, 4.69) is 41.6 Å². The third kappa shape index (κ3) is 11.1. The number of benzene rings is 2. The molecule has 1 fully saturated rings. The molecule has 0 spiro atoms. The highest BCUT2D eigenvalue weighted by atomic mass is 16.5. The minimum absolute atomic E-state index is 0.0277. The lowest BCUT2D eigenvalue weighted by Crippen LogP contribution is -2.47. The Balaban J connectivity index is 1.55. The fourth-order valence-corrected chi connectivity index (χ4v) is 6.48. The fourth-order valence-electron chi connectivity index (χ4n) is 6.48. The summed E-state index contributed by atoms with van der Waals surface area (Å²) in [5, 5.41) is 16.3. The number of urea groups is 1. The Morgan fingerprint density at radius 1 is 1.06 bits per heavy atom. The Morgan fingerprint density at radius 2 is 1.79 bits per heavy atom. The molecule has 1 saturated carbocycles. The van der Waals surface area contributed by atoms with E-state index in [0.29, 0.717) is 36.7 Å². The summed E-state index contributed by atoms with van der Waals surface area (Å²) < 4.78 is 18.2. The maximum absolute atomic E-state index is 14.4. The third-order valence-electron chi connectivity index (χ3n) is 9.35. The molecule has 1 aliphatic carbocycles. The number of hydrogen-bond acceptors (Lipinski definition) is 7. The lowest BCUT2D eigenvalue weighted by Gasteiger charge is -2.36. The standard InChI is InChI=1S/C37H56N4O6/c1-26-22-41(27(2)25-42)36(43)33-21-31(39-37(44)38-30-12-7-6-8-13-30)16-19-34(33)47-28(3)11-9-10-20-46-35(26)24-40(4)23-29-14-17-32(45-5)18-15-29/h14-19,21,26-28,30,35,42H,6-13,20,22-25H2,1-5H3,(H2,38,39,44)/t26-,27+,28-,35-/m0/s1. The monoisotopic (exact) mass is 652 g/mol. The number of fused-ring (bicyclic) bond motifs is 1. The van der Waals surface area contributed by atoms with Gasteiger partial charge in [-0.15, -0.1) is 0 Å². The van der Waals surface area contributed by atoms with Gasteiger partial charge in [0.05, 0.1) is 37.5 Å². The van der Waals surface area contributed by atoms with Crippen molar-refractivity contribution in [2.45, 2.75) is 103 Å². The summed E-state index contributed by atoms with van der Waals surface area (Å²) in [6, 6.07) is 12.8. The molecule has 0 aromatic heterocycles. The lowest BCUT2D eigenvalue weighted by atomic mass is 9.96. The van der Waals surface area contributed by atoms with Crippen molar-refractivity contribution in [2.75, 3.05) is 45.8 Å². The van der Waals surface area contributed by atoms with Crippen molar-refractivity contribution in [1.29, 1.82) is 0 Å². The van der Waals surface area contributed by atoms with Crippen molar-refractivity contribution < 1.29 is 28.9 Å². The number of hydrogen-bond donors (Lipinski definition) is 3. The number of aliphatic hydroxyl groups is 1. The van der Waals surface area contributed by atoms with Crippen molar-refractivity contribution in [1.82, 2.24) is 15.1 Å². The van der Waals surface area contributed by atoms with E-state index in [1.54, 1.807) is 30.2 Å². The molecule has 2 aromatic carbocycles. The number of rotatable bonds is 9. The van der Waals surface area contributed by atoms with E-state index >= 15 is 0 Å². The minimum atomic E-state index is -0.438. The average molecular weight is 653 g/mol. The molecule has 260 valence electrons. The Hall–Kier alpha value is -3.34. The van der Waals surface area contributed by atoms with Crippen molar-refractivity contribution in [3.8, 4) is 11.5 Å². The van der Waals surface area contributed by atoms with Gasteiger partial charge in [0.25, 0.3) is 5.91 Å². The number of ether oxygens (including phenoxy) is 3. The summed E-state index contributed by atoms with van der Waals surface area (Å²) in [6.07, 6.45) is 7.81. The molecule has 10 heteroatoms. The number of carbonyl (C=O) groups is 2. The third-order valence-corrected chi connectivity index (χ3v) is 9.35. The van der Waals surface area contributed by atoms with Gasteiger partial charge in [-0.1, -0.05) is 38.3 Å².